The van der Waals surface area contributed by atoms with Crippen molar-refractivity contribution in [3.63, 3.8) is 0 Å². The van der Waals surface area contributed by atoms with Crippen LogP contribution in [0.5, 0.6) is 5.75 Å². The second-order valence-corrected chi connectivity index (χ2v) is 7.20. The smallest absolute Gasteiger partial charge is 0.245 e. The normalized spacial score (nSPS) is 19.6. The summed E-state index contributed by atoms with van der Waals surface area (Å²) in [6.07, 6.45) is 1.61. The Morgan fingerprint density at radius 3 is 2.65 bits per heavy atom. The first-order chi connectivity index (χ1) is 12.4. The zero-order valence-electron chi connectivity index (χ0n) is 15.2. The maximum atomic E-state index is 13.2. The Kier molecular flexibility index (Phi) is 5.36. The second kappa shape index (κ2) is 7.53. The Labute approximate surface area is 156 Å². The van der Waals surface area contributed by atoms with Gasteiger partial charge >= 0.3 is 0 Å². The lowest BCUT2D eigenvalue weighted by molar-refractivity contribution is -0.119. The Morgan fingerprint density at radius 1 is 1.35 bits per heavy atom. The molecule has 1 N–H and O–H groups in total. The van der Waals surface area contributed by atoms with Crippen LogP contribution in [0.15, 0.2) is 30.3 Å². The molecule has 0 aliphatic carbocycles. The molecule has 0 spiro atoms. The maximum Gasteiger partial charge on any atom is 0.245 e. The van der Waals surface area contributed by atoms with Gasteiger partial charge in [-0.05, 0) is 37.8 Å². The summed E-state index contributed by atoms with van der Waals surface area (Å²) in [5.41, 5.74) is 2.46. The van der Waals surface area contributed by atoms with Gasteiger partial charge in [0.1, 0.15) is 17.2 Å². The molecule has 5 nitrogen and oxygen atoms in total. The number of pyridine rings is 1. The molecule has 1 aliphatic rings. The molecule has 26 heavy (non-hydrogen) atoms. The fourth-order valence-corrected chi connectivity index (χ4v) is 3.81. The van der Waals surface area contributed by atoms with E-state index in [2.05, 4.69) is 10.3 Å². The minimum atomic E-state index is -0.344. The highest BCUT2D eigenvalue weighted by molar-refractivity contribution is 8.00. The third-order valence-corrected chi connectivity index (χ3v) is 5.53. The molecule has 0 bridgehead atoms. The van der Waals surface area contributed by atoms with Crippen LogP contribution in [0.25, 0.3) is 0 Å². The van der Waals surface area contributed by atoms with E-state index in [1.807, 2.05) is 33.2 Å². The van der Waals surface area contributed by atoms with Crippen LogP contribution in [-0.4, -0.2) is 35.5 Å². The number of ether oxygens (including phenoxy) is 1. The maximum absolute atomic E-state index is 13.2. The van der Waals surface area contributed by atoms with Crippen LogP contribution in [0.3, 0.4) is 0 Å². The first kappa shape index (κ1) is 18.5. The molecule has 0 radical (unpaired) electrons. The van der Waals surface area contributed by atoms with E-state index in [0.29, 0.717) is 18.1 Å². The third kappa shape index (κ3) is 3.49. The van der Waals surface area contributed by atoms with Crippen LogP contribution < -0.4 is 15.0 Å². The summed E-state index contributed by atoms with van der Waals surface area (Å²) in [5, 5.41) is 2.75. The summed E-state index contributed by atoms with van der Waals surface area (Å²) < 4.78 is 19.3. The van der Waals surface area contributed by atoms with Crippen LogP contribution in [0.2, 0.25) is 0 Å². The summed E-state index contributed by atoms with van der Waals surface area (Å²) in [7, 11) is 1.82. The lowest BCUT2D eigenvalue weighted by Crippen LogP contribution is -2.41. The molecule has 1 aromatic carbocycles. The van der Waals surface area contributed by atoms with E-state index in [9.17, 15) is 9.18 Å². The first-order valence-corrected chi connectivity index (χ1v) is 9.68. The van der Waals surface area contributed by atoms with Crippen LogP contribution in [0.1, 0.15) is 18.2 Å². The number of anilines is 2. The number of amides is 1. The van der Waals surface area contributed by atoms with Gasteiger partial charge in [0.05, 0.1) is 17.9 Å². The zero-order valence-corrected chi connectivity index (χ0v) is 16.1. The van der Waals surface area contributed by atoms with Crippen molar-refractivity contribution in [2.75, 3.05) is 23.5 Å². The second-order valence-electron chi connectivity index (χ2n) is 6.22. The van der Waals surface area contributed by atoms with Crippen molar-refractivity contribution >= 4 is 29.2 Å². The lowest BCUT2D eigenvalue weighted by Gasteiger charge is -2.24. The van der Waals surface area contributed by atoms with Gasteiger partial charge in [0, 0.05) is 13.1 Å². The van der Waals surface area contributed by atoms with Crippen molar-refractivity contribution < 1.29 is 13.9 Å². The number of benzene rings is 1. The van der Waals surface area contributed by atoms with E-state index in [1.165, 1.54) is 23.9 Å². The van der Waals surface area contributed by atoms with Gasteiger partial charge in [-0.1, -0.05) is 12.1 Å². The summed E-state index contributed by atoms with van der Waals surface area (Å²) in [5.74, 6) is 0.707. The predicted molar refractivity (Wildman–Crippen MR) is 104 cm³/mol. The average molecular weight is 375 g/mol. The molecule has 3 rings (SSSR count). The minimum absolute atomic E-state index is 0.0582. The first-order valence-electron chi connectivity index (χ1n) is 8.39. The Balaban J connectivity index is 2.08. The lowest BCUT2D eigenvalue weighted by atomic mass is 10.2. The third-order valence-electron chi connectivity index (χ3n) is 4.44. The number of aromatic nitrogens is 1. The number of thioether (sulfide) groups is 1. The van der Waals surface area contributed by atoms with E-state index in [1.54, 1.807) is 17.0 Å². The molecule has 1 amide bonds. The van der Waals surface area contributed by atoms with E-state index >= 15 is 0 Å². The van der Waals surface area contributed by atoms with E-state index < -0.39 is 0 Å². The number of carbonyl (C=O) groups is 1. The molecule has 2 atom stereocenters. The van der Waals surface area contributed by atoms with Gasteiger partial charge in [0.15, 0.2) is 11.6 Å². The number of nitrogens with zero attached hydrogens (tertiary/aromatic N) is 2. The van der Waals surface area contributed by atoms with Crippen LogP contribution in [0, 0.1) is 12.7 Å². The number of nitrogens with one attached hydrogen (secondary N) is 1. The molecule has 0 saturated carbocycles. The summed E-state index contributed by atoms with van der Waals surface area (Å²) >= 11 is 1.46. The van der Waals surface area contributed by atoms with Crippen molar-refractivity contribution in [2.45, 2.75) is 31.7 Å². The van der Waals surface area contributed by atoms with Gasteiger partial charge in [-0.3, -0.25) is 9.69 Å². The molecular formula is C19H22FN3O2S. The van der Waals surface area contributed by atoms with Crippen molar-refractivity contribution in [3.8, 4) is 5.75 Å². The summed E-state index contributed by atoms with van der Waals surface area (Å²) in [6, 6.07) is 8.03. The fraction of sp³-hybridized carbons (Fsp3) is 0.368. The molecule has 2 aromatic rings. The molecule has 1 aliphatic heterocycles. The quantitative estimate of drug-likeness (QED) is 0.885. The topological polar surface area (TPSA) is 54.5 Å². The van der Waals surface area contributed by atoms with E-state index in [-0.39, 0.29) is 23.1 Å². The number of hydrogen-bond acceptors (Lipinski definition) is 5. The number of rotatable bonds is 4. The van der Waals surface area contributed by atoms with Crippen molar-refractivity contribution in [3.05, 3.63) is 47.4 Å². The van der Waals surface area contributed by atoms with Gasteiger partial charge in [-0.25, -0.2) is 9.37 Å². The minimum Gasteiger partial charge on any atom is -0.485 e. The highest BCUT2D eigenvalue weighted by Gasteiger charge is 2.37. The van der Waals surface area contributed by atoms with Crippen LogP contribution >= 0.6 is 11.8 Å². The summed E-state index contributed by atoms with van der Waals surface area (Å²) in [4.78, 5) is 19.4. The number of carbonyl (C=O) groups excluding carboxylic acids is 1. The number of halogens is 1. The highest BCUT2D eigenvalue weighted by Crippen LogP contribution is 2.37. The SMILES string of the molecule is CNc1cc2c(nc1C)N(Cc1ccc(F)cc1)C(=O)C(SC)C(C)O2. The Morgan fingerprint density at radius 2 is 2.04 bits per heavy atom. The monoisotopic (exact) mass is 375 g/mol. The predicted octanol–water partition coefficient (Wildman–Crippen LogP) is 3.62. The van der Waals surface area contributed by atoms with Gasteiger partial charge in [0.2, 0.25) is 5.91 Å². The standard InChI is InChI=1S/C19H22FN3O2S/c1-11-15(21-3)9-16-18(22-11)23(10-13-5-7-14(20)8-6-13)19(24)17(26-4)12(2)25-16/h5-9,12,17,21H,10H2,1-4H3. The van der Waals surface area contributed by atoms with Crippen LogP contribution in [0.4, 0.5) is 15.9 Å². The highest BCUT2D eigenvalue weighted by atomic mass is 32.2. The fourth-order valence-electron chi connectivity index (χ4n) is 3.05. The van der Waals surface area contributed by atoms with Gasteiger partial charge in [-0.15, -0.1) is 11.8 Å². The average Bonchev–Trinajstić information content (AvgIpc) is 2.71. The van der Waals surface area contributed by atoms with Crippen molar-refractivity contribution in [1.29, 1.82) is 0 Å². The number of aryl methyl sites for hydroxylation is 1. The molecular weight excluding hydrogens is 353 g/mol. The molecule has 7 heteroatoms. The Bertz CT molecular complexity index is 813. The van der Waals surface area contributed by atoms with Crippen molar-refractivity contribution in [1.82, 2.24) is 4.98 Å². The van der Waals surface area contributed by atoms with E-state index in [0.717, 1.165) is 16.9 Å². The molecule has 0 fully saturated rings. The molecule has 2 unspecified atom stereocenters. The number of hydrogen-bond donors (Lipinski definition) is 1. The molecule has 2 heterocycles. The van der Waals surface area contributed by atoms with Gasteiger partial charge in [-0.2, -0.15) is 0 Å². The van der Waals surface area contributed by atoms with E-state index in [4.69, 9.17) is 4.74 Å². The molecule has 138 valence electrons. The van der Waals surface area contributed by atoms with Crippen molar-refractivity contribution in [2.24, 2.45) is 0 Å². The largest absolute Gasteiger partial charge is 0.485 e. The zero-order chi connectivity index (χ0) is 18.8. The van der Waals surface area contributed by atoms with Gasteiger partial charge < -0.3 is 10.1 Å². The molecule has 0 saturated heterocycles. The molecule has 1 aromatic heterocycles. The van der Waals surface area contributed by atoms with Crippen LogP contribution in [-0.2, 0) is 11.3 Å². The van der Waals surface area contributed by atoms with Gasteiger partial charge in [0.25, 0.3) is 0 Å². The number of fused-ring (bicyclic) bond motifs is 1. The Hall–Kier alpha value is -2.28. The summed E-state index contributed by atoms with van der Waals surface area (Å²) in [6.45, 7) is 4.08.